The van der Waals surface area contributed by atoms with Crippen LogP contribution in [-0.4, -0.2) is 39.8 Å². The highest BCUT2D eigenvalue weighted by molar-refractivity contribution is 5.95. The summed E-state index contributed by atoms with van der Waals surface area (Å²) in [6.07, 6.45) is -2.39. The minimum absolute atomic E-state index is 0.0342. The number of carbonyl (C=O) groups is 1. The fourth-order valence-corrected chi connectivity index (χ4v) is 1.98. The van der Waals surface area contributed by atoms with Crippen LogP contribution in [0.3, 0.4) is 0 Å². The van der Waals surface area contributed by atoms with Crippen LogP contribution in [0.15, 0.2) is 6.07 Å². The number of carbonyl (C=O) groups excluding carboxylic acids is 1. The van der Waals surface area contributed by atoms with Crippen LogP contribution in [0, 0.1) is 6.92 Å². The molecule has 5 heteroatoms. The van der Waals surface area contributed by atoms with E-state index in [0.29, 0.717) is 11.3 Å². The number of nitrogens with one attached hydrogen (secondary N) is 1. The summed E-state index contributed by atoms with van der Waals surface area (Å²) >= 11 is 0. The molecule has 2 heterocycles. The number of aliphatic hydroxyl groups excluding tert-OH is 2. The minimum Gasteiger partial charge on any atom is -0.388 e. The number of rotatable bonds is 2. The van der Waals surface area contributed by atoms with Crippen molar-refractivity contribution in [3.63, 3.8) is 0 Å². The van der Waals surface area contributed by atoms with E-state index in [0.717, 1.165) is 5.69 Å². The molecule has 5 nitrogen and oxygen atoms in total. The Hall–Kier alpha value is -1.17. The first kappa shape index (κ1) is 11.3. The Bertz CT molecular complexity index is 412. The third-order valence-corrected chi connectivity index (χ3v) is 2.87. The van der Waals surface area contributed by atoms with E-state index in [2.05, 4.69) is 4.98 Å². The van der Waals surface area contributed by atoms with Gasteiger partial charge in [0.15, 0.2) is 5.78 Å². The molecule has 3 N–H and O–H groups in total. The monoisotopic (exact) mass is 225 g/mol. The molecule has 88 valence electrons. The second kappa shape index (κ2) is 4.01. The molecule has 1 aliphatic heterocycles. The zero-order chi connectivity index (χ0) is 11.9. The summed E-state index contributed by atoms with van der Waals surface area (Å²) in [5, 5.41) is 19.0. The number of ketones is 1. The van der Waals surface area contributed by atoms with E-state index in [1.165, 1.54) is 6.92 Å². The SMILES string of the molecule is CC(=O)c1cc([C@@H]2OC[C@@H](O)[C@H]2O)[nH]c1C. The second-order valence-electron chi connectivity index (χ2n) is 4.13. The quantitative estimate of drug-likeness (QED) is 0.633. The predicted octanol–water partition coefficient (Wildman–Crippen LogP) is 0.319. The fourth-order valence-electron chi connectivity index (χ4n) is 1.98. The third-order valence-electron chi connectivity index (χ3n) is 2.87. The van der Waals surface area contributed by atoms with Crippen molar-refractivity contribution >= 4 is 5.78 Å². The van der Waals surface area contributed by atoms with Crippen molar-refractivity contribution in [2.24, 2.45) is 0 Å². The number of hydrogen-bond donors (Lipinski definition) is 3. The molecule has 1 aromatic heterocycles. The first-order chi connectivity index (χ1) is 7.50. The summed E-state index contributed by atoms with van der Waals surface area (Å²) < 4.78 is 5.27. The van der Waals surface area contributed by atoms with E-state index in [1.807, 2.05) is 0 Å². The van der Waals surface area contributed by atoms with Gasteiger partial charge in [-0.2, -0.15) is 0 Å². The molecule has 16 heavy (non-hydrogen) atoms. The van der Waals surface area contributed by atoms with Crippen LogP contribution in [-0.2, 0) is 4.74 Å². The molecular weight excluding hydrogens is 210 g/mol. The normalized spacial score (nSPS) is 29.6. The molecule has 1 saturated heterocycles. The highest BCUT2D eigenvalue weighted by Gasteiger charge is 2.36. The molecule has 0 saturated carbocycles. The Morgan fingerprint density at radius 1 is 1.56 bits per heavy atom. The van der Waals surface area contributed by atoms with Crippen LogP contribution in [0.5, 0.6) is 0 Å². The summed E-state index contributed by atoms with van der Waals surface area (Å²) in [5.41, 5.74) is 1.97. The van der Waals surface area contributed by atoms with Gasteiger partial charge in [0, 0.05) is 17.0 Å². The number of aryl methyl sites for hydroxylation is 1. The van der Waals surface area contributed by atoms with Gasteiger partial charge in [-0.15, -0.1) is 0 Å². The van der Waals surface area contributed by atoms with Gasteiger partial charge in [0.1, 0.15) is 18.3 Å². The lowest BCUT2D eigenvalue weighted by molar-refractivity contribution is 0.0207. The van der Waals surface area contributed by atoms with Gasteiger partial charge < -0.3 is 19.9 Å². The van der Waals surface area contributed by atoms with Gasteiger partial charge in [-0.3, -0.25) is 4.79 Å². The number of aromatic nitrogens is 1. The second-order valence-corrected chi connectivity index (χ2v) is 4.13. The van der Waals surface area contributed by atoms with Crippen LogP contribution < -0.4 is 0 Å². The van der Waals surface area contributed by atoms with E-state index in [1.54, 1.807) is 13.0 Å². The van der Waals surface area contributed by atoms with Gasteiger partial charge in [0.2, 0.25) is 0 Å². The van der Waals surface area contributed by atoms with Crippen molar-refractivity contribution < 1.29 is 19.7 Å². The van der Waals surface area contributed by atoms with Crippen LogP contribution in [0.1, 0.15) is 34.8 Å². The van der Waals surface area contributed by atoms with E-state index < -0.39 is 18.3 Å². The van der Waals surface area contributed by atoms with Gasteiger partial charge in [-0.1, -0.05) is 0 Å². The predicted molar refractivity (Wildman–Crippen MR) is 56.2 cm³/mol. The maximum absolute atomic E-state index is 11.3. The topological polar surface area (TPSA) is 82.6 Å². The molecule has 0 spiro atoms. The minimum atomic E-state index is -0.946. The maximum atomic E-state index is 11.3. The Kier molecular flexibility index (Phi) is 2.84. The lowest BCUT2D eigenvalue weighted by Gasteiger charge is -2.12. The lowest BCUT2D eigenvalue weighted by atomic mass is 10.1. The van der Waals surface area contributed by atoms with Crippen LogP contribution in [0.4, 0.5) is 0 Å². The van der Waals surface area contributed by atoms with Gasteiger partial charge in [-0.25, -0.2) is 0 Å². The first-order valence-electron chi connectivity index (χ1n) is 5.19. The number of aliphatic hydroxyl groups is 2. The highest BCUT2D eigenvalue weighted by Crippen LogP contribution is 2.30. The molecule has 0 unspecified atom stereocenters. The van der Waals surface area contributed by atoms with Gasteiger partial charge in [0.05, 0.1) is 6.61 Å². The summed E-state index contributed by atoms with van der Waals surface area (Å²) in [6.45, 7) is 3.39. The molecule has 0 amide bonds. The van der Waals surface area contributed by atoms with Crippen molar-refractivity contribution in [3.8, 4) is 0 Å². The maximum Gasteiger partial charge on any atom is 0.161 e. The third kappa shape index (κ3) is 1.77. The van der Waals surface area contributed by atoms with Gasteiger partial charge in [-0.05, 0) is 19.9 Å². The molecule has 0 aromatic carbocycles. The molecule has 0 bridgehead atoms. The fraction of sp³-hybridized carbons (Fsp3) is 0.545. The average Bonchev–Trinajstić information content (AvgIpc) is 2.73. The molecule has 1 aliphatic rings. The summed E-state index contributed by atoms with van der Waals surface area (Å²) in [7, 11) is 0. The van der Waals surface area contributed by atoms with Crippen LogP contribution >= 0.6 is 0 Å². The lowest BCUT2D eigenvalue weighted by Crippen LogP contribution is -2.25. The number of Topliss-reactive ketones (excluding diaryl/α,β-unsaturated/α-hetero) is 1. The zero-order valence-corrected chi connectivity index (χ0v) is 9.23. The average molecular weight is 225 g/mol. The summed E-state index contributed by atoms with van der Waals surface area (Å²) in [5.74, 6) is -0.0342. The molecule has 1 fully saturated rings. The van der Waals surface area contributed by atoms with Gasteiger partial charge in [0.25, 0.3) is 0 Å². The molecule has 0 aliphatic carbocycles. The van der Waals surface area contributed by atoms with Crippen molar-refractivity contribution in [1.29, 1.82) is 0 Å². The van der Waals surface area contributed by atoms with Crippen molar-refractivity contribution in [3.05, 3.63) is 23.0 Å². The van der Waals surface area contributed by atoms with E-state index >= 15 is 0 Å². The molecular formula is C11H15NO4. The standard InChI is InChI=1S/C11H15NO4/c1-5-7(6(2)13)3-8(12-5)11-10(15)9(14)4-16-11/h3,9-12,14-15H,4H2,1-2H3/t9-,10-,11+/m1/s1. The van der Waals surface area contributed by atoms with Crippen LogP contribution in [0.25, 0.3) is 0 Å². The largest absolute Gasteiger partial charge is 0.388 e. The Balaban J connectivity index is 2.28. The Labute approximate surface area is 93.1 Å². The zero-order valence-electron chi connectivity index (χ0n) is 9.23. The Morgan fingerprint density at radius 2 is 2.25 bits per heavy atom. The van der Waals surface area contributed by atoms with Crippen molar-refractivity contribution in [2.45, 2.75) is 32.2 Å². The molecule has 0 radical (unpaired) electrons. The van der Waals surface area contributed by atoms with E-state index in [9.17, 15) is 15.0 Å². The van der Waals surface area contributed by atoms with Crippen molar-refractivity contribution in [1.82, 2.24) is 4.98 Å². The Morgan fingerprint density at radius 3 is 2.69 bits per heavy atom. The molecule has 3 atom stereocenters. The molecule has 2 rings (SSSR count). The smallest absolute Gasteiger partial charge is 0.161 e. The van der Waals surface area contributed by atoms with Crippen molar-refractivity contribution in [2.75, 3.05) is 6.61 Å². The van der Waals surface area contributed by atoms with Crippen LogP contribution in [0.2, 0.25) is 0 Å². The summed E-state index contributed by atoms with van der Waals surface area (Å²) in [6, 6.07) is 1.67. The summed E-state index contributed by atoms with van der Waals surface area (Å²) in [4.78, 5) is 14.3. The highest BCUT2D eigenvalue weighted by atomic mass is 16.5. The number of hydrogen-bond acceptors (Lipinski definition) is 4. The van der Waals surface area contributed by atoms with Gasteiger partial charge >= 0.3 is 0 Å². The number of ether oxygens (including phenoxy) is 1. The molecule has 1 aromatic rings. The number of H-pyrrole nitrogens is 1. The van der Waals surface area contributed by atoms with E-state index in [-0.39, 0.29) is 12.4 Å². The van der Waals surface area contributed by atoms with E-state index in [4.69, 9.17) is 4.74 Å². The first-order valence-corrected chi connectivity index (χ1v) is 5.19. The number of aromatic amines is 1.